The van der Waals surface area contributed by atoms with Gasteiger partial charge in [0.25, 0.3) is 0 Å². The van der Waals surface area contributed by atoms with E-state index in [1.807, 2.05) is 31.2 Å². The number of nitrogens with zero attached hydrogens (tertiary/aromatic N) is 1. The van der Waals surface area contributed by atoms with Gasteiger partial charge in [0.15, 0.2) is 5.92 Å². The number of esters is 1. The third-order valence-electron chi connectivity index (χ3n) is 3.25. The number of rotatable bonds is 5. The molecule has 0 N–H and O–H groups in total. The average Bonchev–Trinajstić information content (AvgIpc) is 2.76. The van der Waals surface area contributed by atoms with Crippen LogP contribution in [0.2, 0.25) is 0 Å². The number of carbonyl (C=O) groups excluding carboxylic acids is 2. The second kappa shape index (κ2) is 7.02. The van der Waals surface area contributed by atoms with Crippen molar-refractivity contribution >= 4 is 23.5 Å². The molecule has 2 rings (SSSR count). The summed E-state index contributed by atoms with van der Waals surface area (Å²) < 4.78 is 10.3. The van der Waals surface area contributed by atoms with Crippen molar-refractivity contribution in [2.45, 2.75) is 20.8 Å². The van der Waals surface area contributed by atoms with Crippen molar-refractivity contribution in [1.82, 2.24) is 0 Å². The average molecular weight is 301 g/mol. The summed E-state index contributed by atoms with van der Waals surface area (Å²) in [5.74, 6) is -0.992. The molecule has 0 bridgehead atoms. The van der Waals surface area contributed by atoms with Gasteiger partial charge in [0.1, 0.15) is 11.4 Å². The smallest absolute Gasteiger partial charge is 0.322 e. The molecule has 22 heavy (non-hydrogen) atoms. The Kier molecular flexibility index (Phi) is 5.09. The van der Waals surface area contributed by atoms with Crippen LogP contribution in [0.4, 0.5) is 0 Å². The van der Waals surface area contributed by atoms with E-state index in [0.29, 0.717) is 12.3 Å². The van der Waals surface area contributed by atoms with E-state index in [1.54, 1.807) is 19.9 Å². The first-order valence-electron chi connectivity index (χ1n) is 7.27. The molecule has 0 saturated carbocycles. The van der Waals surface area contributed by atoms with E-state index in [-0.39, 0.29) is 18.1 Å². The minimum Gasteiger partial charge on any atom is -0.494 e. The number of Topliss-reactive ketones (excluding diaryl/α,β-unsaturated/α-hetero) is 1. The lowest BCUT2D eigenvalue weighted by Crippen LogP contribution is -2.28. The van der Waals surface area contributed by atoms with E-state index in [4.69, 9.17) is 9.47 Å². The van der Waals surface area contributed by atoms with E-state index in [2.05, 4.69) is 4.99 Å². The van der Waals surface area contributed by atoms with Crippen LogP contribution in [0.1, 0.15) is 26.3 Å². The highest BCUT2D eigenvalue weighted by Crippen LogP contribution is 2.24. The topological polar surface area (TPSA) is 65.0 Å². The van der Waals surface area contributed by atoms with Crippen molar-refractivity contribution in [3.8, 4) is 5.75 Å². The van der Waals surface area contributed by atoms with Crippen molar-refractivity contribution in [2.24, 2.45) is 10.9 Å². The molecule has 116 valence electrons. The number of hydrogen-bond donors (Lipinski definition) is 0. The Balaban J connectivity index is 2.19. The molecule has 1 aromatic carbocycles. The predicted octanol–water partition coefficient (Wildman–Crippen LogP) is 2.65. The highest BCUT2D eigenvalue weighted by Gasteiger charge is 2.37. The largest absolute Gasteiger partial charge is 0.494 e. The standard InChI is InChI=1S/C17H19NO4/c1-4-21-13-8-6-12(7-9-13)10-14-16(19)15(11(3)18-14)17(20)22-5-2/h6-10,15H,4-5H2,1-3H3/b14-10-. The zero-order valence-electron chi connectivity index (χ0n) is 13.0. The molecule has 5 heteroatoms. The normalized spacial score (nSPS) is 19.2. The van der Waals surface area contributed by atoms with E-state index in [0.717, 1.165) is 11.3 Å². The van der Waals surface area contributed by atoms with Crippen molar-refractivity contribution in [3.63, 3.8) is 0 Å². The Labute approximate surface area is 129 Å². The molecule has 0 amide bonds. The minimum absolute atomic E-state index is 0.244. The molecule has 1 unspecified atom stereocenters. The van der Waals surface area contributed by atoms with Crippen LogP contribution in [0.25, 0.3) is 6.08 Å². The second-order valence-electron chi connectivity index (χ2n) is 4.83. The third-order valence-corrected chi connectivity index (χ3v) is 3.25. The van der Waals surface area contributed by atoms with E-state index >= 15 is 0 Å². The van der Waals surface area contributed by atoms with Gasteiger partial charge in [-0.05, 0) is 44.5 Å². The highest BCUT2D eigenvalue weighted by molar-refractivity contribution is 6.28. The number of allylic oxidation sites excluding steroid dienone is 1. The van der Waals surface area contributed by atoms with Crippen LogP contribution in [-0.4, -0.2) is 30.7 Å². The molecular formula is C17H19NO4. The molecule has 0 radical (unpaired) electrons. The molecule has 0 aliphatic carbocycles. The van der Waals surface area contributed by atoms with Crippen LogP contribution in [0, 0.1) is 5.92 Å². The number of ether oxygens (including phenoxy) is 2. The lowest BCUT2D eigenvalue weighted by molar-refractivity contribution is -0.147. The van der Waals surface area contributed by atoms with Crippen LogP contribution in [0.15, 0.2) is 35.0 Å². The maximum atomic E-state index is 12.3. The fourth-order valence-electron chi connectivity index (χ4n) is 2.24. The number of aliphatic imine (C=N–C) groups is 1. The first-order valence-corrected chi connectivity index (χ1v) is 7.27. The Morgan fingerprint density at radius 2 is 1.91 bits per heavy atom. The van der Waals surface area contributed by atoms with Crippen molar-refractivity contribution < 1.29 is 19.1 Å². The van der Waals surface area contributed by atoms with E-state index in [9.17, 15) is 9.59 Å². The van der Waals surface area contributed by atoms with Crippen molar-refractivity contribution in [3.05, 3.63) is 35.5 Å². The van der Waals surface area contributed by atoms with Crippen molar-refractivity contribution in [1.29, 1.82) is 0 Å². The number of carbonyl (C=O) groups is 2. The van der Waals surface area contributed by atoms with Gasteiger partial charge in [0.05, 0.1) is 13.2 Å². The summed E-state index contributed by atoms with van der Waals surface area (Å²) in [6.07, 6.45) is 1.67. The lowest BCUT2D eigenvalue weighted by Gasteiger charge is -2.07. The SMILES string of the molecule is CCOC(=O)C1C(=O)/C(=C/c2ccc(OCC)cc2)N=C1C. The Morgan fingerprint density at radius 1 is 1.23 bits per heavy atom. The molecule has 0 fully saturated rings. The van der Waals surface area contributed by atoms with Crippen LogP contribution in [0.5, 0.6) is 5.75 Å². The Morgan fingerprint density at radius 3 is 2.50 bits per heavy atom. The van der Waals surface area contributed by atoms with Crippen molar-refractivity contribution in [2.75, 3.05) is 13.2 Å². The van der Waals surface area contributed by atoms with Crippen LogP contribution in [-0.2, 0) is 14.3 Å². The minimum atomic E-state index is -0.908. The van der Waals surface area contributed by atoms with Crippen LogP contribution >= 0.6 is 0 Å². The number of ketones is 1. The molecule has 1 aliphatic rings. The first kappa shape index (κ1) is 15.9. The summed E-state index contributed by atoms with van der Waals surface area (Å²) in [7, 11) is 0. The first-order chi connectivity index (χ1) is 10.6. The van der Waals surface area contributed by atoms with Gasteiger partial charge in [-0.1, -0.05) is 12.1 Å². The van der Waals surface area contributed by atoms with Gasteiger partial charge < -0.3 is 9.47 Å². The summed E-state index contributed by atoms with van der Waals surface area (Å²) in [4.78, 5) is 28.3. The molecule has 0 saturated heterocycles. The predicted molar refractivity (Wildman–Crippen MR) is 83.8 cm³/mol. The van der Waals surface area contributed by atoms with Gasteiger partial charge in [-0.15, -0.1) is 0 Å². The summed E-state index contributed by atoms with van der Waals surface area (Å²) in [6.45, 7) is 6.14. The van der Waals surface area contributed by atoms with Gasteiger partial charge >= 0.3 is 5.97 Å². The van der Waals surface area contributed by atoms with Gasteiger partial charge in [0.2, 0.25) is 5.78 Å². The number of hydrogen-bond acceptors (Lipinski definition) is 5. The zero-order valence-corrected chi connectivity index (χ0v) is 13.0. The molecule has 0 aromatic heterocycles. The summed E-state index contributed by atoms with van der Waals surface area (Å²) in [5.41, 5.74) is 1.58. The van der Waals surface area contributed by atoms with E-state index < -0.39 is 11.9 Å². The molecule has 1 atom stereocenters. The van der Waals surface area contributed by atoms with Gasteiger partial charge in [0, 0.05) is 5.71 Å². The zero-order chi connectivity index (χ0) is 16.1. The fourth-order valence-corrected chi connectivity index (χ4v) is 2.24. The monoisotopic (exact) mass is 301 g/mol. The maximum absolute atomic E-state index is 12.3. The second-order valence-corrected chi connectivity index (χ2v) is 4.83. The molecule has 1 aliphatic heterocycles. The van der Waals surface area contributed by atoms with Gasteiger partial charge in [-0.3, -0.25) is 14.6 Å². The third kappa shape index (κ3) is 3.42. The van der Waals surface area contributed by atoms with Crippen LogP contribution < -0.4 is 4.74 Å². The molecule has 0 spiro atoms. The summed E-state index contributed by atoms with van der Waals surface area (Å²) in [6, 6.07) is 7.34. The fraction of sp³-hybridized carbons (Fsp3) is 0.353. The highest BCUT2D eigenvalue weighted by atomic mass is 16.5. The molecule has 1 heterocycles. The van der Waals surface area contributed by atoms with Crippen LogP contribution in [0.3, 0.4) is 0 Å². The molecule has 1 aromatic rings. The molecule has 5 nitrogen and oxygen atoms in total. The van der Waals surface area contributed by atoms with E-state index in [1.165, 1.54) is 0 Å². The Bertz CT molecular complexity index is 629. The Hall–Kier alpha value is -2.43. The number of benzene rings is 1. The lowest BCUT2D eigenvalue weighted by atomic mass is 10.0. The summed E-state index contributed by atoms with van der Waals surface area (Å²) >= 11 is 0. The summed E-state index contributed by atoms with van der Waals surface area (Å²) in [5, 5.41) is 0. The maximum Gasteiger partial charge on any atom is 0.322 e. The molecular weight excluding hydrogens is 282 g/mol. The van der Waals surface area contributed by atoms with Gasteiger partial charge in [-0.2, -0.15) is 0 Å². The quantitative estimate of drug-likeness (QED) is 0.476. The van der Waals surface area contributed by atoms with Gasteiger partial charge in [-0.25, -0.2) is 0 Å².